The predicted molar refractivity (Wildman–Crippen MR) is 62.7 cm³/mol. The van der Waals surface area contributed by atoms with Crippen molar-refractivity contribution in [3.63, 3.8) is 0 Å². The molecule has 0 radical (unpaired) electrons. The summed E-state index contributed by atoms with van der Waals surface area (Å²) in [5.74, 6) is -1.72. The number of carbonyl (C=O) groups is 1. The molecule has 0 aromatic heterocycles. The van der Waals surface area contributed by atoms with E-state index in [1.54, 1.807) is 6.92 Å². The van der Waals surface area contributed by atoms with Crippen LogP contribution >= 0.6 is 0 Å². The number of benzene rings is 1. The molecule has 0 fully saturated rings. The highest BCUT2D eigenvalue weighted by molar-refractivity contribution is 6.35. The second-order valence-corrected chi connectivity index (χ2v) is 3.15. The van der Waals surface area contributed by atoms with Gasteiger partial charge in [-0.2, -0.15) is 0 Å². The first-order valence-electron chi connectivity index (χ1n) is 4.94. The zero-order chi connectivity index (χ0) is 13.7. The quantitative estimate of drug-likeness (QED) is 0.270. The van der Waals surface area contributed by atoms with Crippen LogP contribution in [0.25, 0.3) is 0 Å². The fourth-order valence-corrected chi connectivity index (χ4v) is 1.10. The van der Waals surface area contributed by atoms with Crippen molar-refractivity contribution in [1.82, 2.24) is 0 Å². The molecule has 1 rings (SSSR count). The molecule has 0 saturated carbocycles. The van der Waals surface area contributed by atoms with Crippen LogP contribution in [0, 0.1) is 10.1 Å². The minimum absolute atomic E-state index is 0.0499. The Balaban J connectivity index is 3.01. The number of phenolic OH excluding ortho intramolecular Hbond substituents is 1. The molecule has 0 saturated heterocycles. The van der Waals surface area contributed by atoms with Gasteiger partial charge in [-0.05, 0) is 13.0 Å². The molecule has 8 heteroatoms. The van der Waals surface area contributed by atoms with Crippen LogP contribution in [0.15, 0.2) is 23.2 Å². The number of nitro benzene ring substituents is 1. The third-order valence-electron chi connectivity index (χ3n) is 1.90. The molecule has 1 aromatic rings. The van der Waals surface area contributed by atoms with E-state index in [9.17, 15) is 20.0 Å². The van der Waals surface area contributed by atoms with Crippen LogP contribution in [-0.4, -0.2) is 28.4 Å². The van der Waals surface area contributed by atoms with Gasteiger partial charge in [-0.15, -0.1) is 0 Å². The average Bonchev–Trinajstić information content (AvgIpc) is 2.31. The highest BCUT2D eigenvalue weighted by atomic mass is 16.6. The van der Waals surface area contributed by atoms with E-state index in [0.717, 1.165) is 12.1 Å². The van der Waals surface area contributed by atoms with Crippen LogP contribution < -0.4 is 5.73 Å². The van der Waals surface area contributed by atoms with Crippen LogP contribution in [-0.2, 0) is 9.53 Å². The number of carbonyl (C=O) groups excluding carboxylic acids is 1. The molecule has 8 nitrogen and oxygen atoms in total. The molecule has 0 spiro atoms. The maximum atomic E-state index is 11.2. The summed E-state index contributed by atoms with van der Waals surface area (Å²) in [5, 5.41) is 19.9. The topological polar surface area (TPSA) is 128 Å². The summed E-state index contributed by atoms with van der Waals surface area (Å²) in [6.45, 7) is 1.75. The number of esters is 1. The number of aromatic hydroxyl groups is 1. The molecule has 96 valence electrons. The Labute approximate surface area is 102 Å². The van der Waals surface area contributed by atoms with E-state index in [-0.39, 0.29) is 18.0 Å². The summed E-state index contributed by atoms with van der Waals surface area (Å²) in [6.07, 6.45) is 0. The highest BCUT2D eigenvalue weighted by Crippen LogP contribution is 2.30. The molecule has 0 aliphatic carbocycles. The van der Waals surface area contributed by atoms with E-state index < -0.39 is 22.5 Å². The molecule has 0 atom stereocenters. The number of nitro groups is 1. The maximum Gasteiger partial charge on any atom is 0.373 e. The summed E-state index contributed by atoms with van der Waals surface area (Å²) in [7, 11) is 0. The van der Waals surface area contributed by atoms with Gasteiger partial charge in [0.15, 0.2) is 0 Å². The van der Waals surface area contributed by atoms with Crippen molar-refractivity contribution in [2.75, 3.05) is 6.61 Å². The SMILES string of the molecule is CCOC(=O)C(N)=Nc1ccc([N+](=O)[O-])cc1O. The fraction of sp³-hybridized carbons (Fsp3) is 0.200. The lowest BCUT2D eigenvalue weighted by molar-refractivity contribution is -0.384. The Kier molecular flexibility index (Phi) is 4.19. The van der Waals surface area contributed by atoms with Gasteiger partial charge >= 0.3 is 5.97 Å². The minimum Gasteiger partial charge on any atom is -0.505 e. The number of rotatable bonds is 3. The number of aliphatic imine (C=N–C) groups is 1. The smallest absolute Gasteiger partial charge is 0.373 e. The predicted octanol–water partition coefficient (Wildman–Crippen LogP) is 0.852. The van der Waals surface area contributed by atoms with Crippen molar-refractivity contribution >= 4 is 23.2 Å². The van der Waals surface area contributed by atoms with Crippen LogP contribution in [0.5, 0.6) is 5.75 Å². The van der Waals surface area contributed by atoms with Crippen LogP contribution in [0.3, 0.4) is 0 Å². The van der Waals surface area contributed by atoms with Gasteiger partial charge in [-0.25, -0.2) is 9.79 Å². The molecule has 0 aliphatic rings. The Bertz CT molecular complexity index is 512. The lowest BCUT2D eigenvalue weighted by atomic mass is 10.2. The van der Waals surface area contributed by atoms with E-state index in [2.05, 4.69) is 9.73 Å². The number of hydrogen-bond donors (Lipinski definition) is 2. The summed E-state index contributed by atoms with van der Waals surface area (Å²) >= 11 is 0. The van der Waals surface area contributed by atoms with Crippen molar-refractivity contribution in [2.45, 2.75) is 6.92 Å². The molecular weight excluding hydrogens is 242 g/mol. The average molecular weight is 253 g/mol. The number of phenols is 1. The van der Waals surface area contributed by atoms with E-state index in [1.807, 2.05) is 0 Å². The molecule has 18 heavy (non-hydrogen) atoms. The van der Waals surface area contributed by atoms with Crippen molar-refractivity contribution in [1.29, 1.82) is 0 Å². The van der Waals surface area contributed by atoms with Gasteiger partial charge in [0, 0.05) is 6.07 Å². The van der Waals surface area contributed by atoms with Gasteiger partial charge < -0.3 is 15.6 Å². The Hall–Kier alpha value is -2.64. The van der Waals surface area contributed by atoms with Gasteiger partial charge in [0.2, 0.25) is 5.84 Å². The fourth-order valence-electron chi connectivity index (χ4n) is 1.10. The van der Waals surface area contributed by atoms with Crippen molar-refractivity contribution < 1.29 is 19.6 Å². The van der Waals surface area contributed by atoms with Gasteiger partial charge in [-0.3, -0.25) is 10.1 Å². The van der Waals surface area contributed by atoms with E-state index in [1.165, 1.54) is 6.07 Å². The molecular formula is C10H11N3O5. The van der Waals surface area contributed by atoms with Crippen molar-refractivity contribution in [2.24, 2.45) is 10.7 Å². The number of ether oxygens (including phenoxy) is 1. The standard InChI is InChI=1S/C10H11N3O5/c1-2-18-10(15)9(11)12-7-4-3-6(13(16)17)5-8(7)14/h3-5,14H,2H2,1H3,(H2,11,12). The third-order valence-corrected chi connectivity index (χ3v) is 1.90. The van der Waals surface area contributed by atoms with Gasteiger partial charge in [-0.1, -0.05) is 0 Å². The second-order valence-electron chi connectivity index (χ2n) is 3.15. The summed E-state index contributed by atoms with van der Waals surface area (Å²) in [5.41, 5.74) is 4.99. The lowest BCUT2D eigenvalue weighted by Crippen LogP contribution is -2.25. The number of non-ortho nitro benzene ring substituents is 1. The normalized spacial score (nSPS) is 11.1. The minimum atomic E-state index is -0.824. The Morgan fingerprint density at radius 1 is 1.61 bits per heavy atom. The van der Waals surface area contributed by atoms with Crippen molar-refractivity contribution in [3.05, 3.63) is 28.3 Å². The summed E-state index contributed by atoms with van der Waals surface area (Å²) < 4.78 is 4.59. The Morgan fingerprint density at radius 3 is 2.78 bits per heavy atom. The number of hydrogen-bond acceptors (Lipinski definition) is 6. The first-order chi connectivity index (χ1) is 8.45. The largest absolute Gasteiger partial charge is 0.505 e. The van der Waals surface area contributed by atoms with E-state index in [0.29, 0.717) is 0 Å². The summed E-state index contributed by atoms with van der Waals surface area (Å²) in [6, 6.07) is 3.23. The summed E-state index contributed by atoms with van der Waals surface area (Å²) in [4.78, 5) is 24.6. The zero-order valence-corrected chi connectivity index (χ0v) is 9.49. The molecule has 3 N–H and O–H groups in total. The Morgan fingerprint density at radius 2 is 2.28 bits per heavy atom. The van der Waals surface area contributed by atoms with E-state index in [4.69, 9.17) is 5.73 Å². The van der Waals surface area contributed by atoms with Gasteiger partial charge in [0.1, 0.15) is 11.4 Å². The molecule has 0 unspecified atom stereocenters. The molecule has 0 aliphatic heterocycles. The van der Waals surface area contributed by atoms with Crippen LogP contribution in [0.2, 0.25) is 0 Å². The van der Waals surface area contributed by atoms with Gasteiger partial charge in [0.25, 0.3) is 5.69 Å². The first kappa shape index (κ1) is 13.4. The van der Waals surface area contributed by atoms with Gasteiger partial charge in [0.05, 0.1) is 17.6 Å². The number of nitrogens with zero attached hydrogens (tertiary/aromatic N) is 2. The third kappa shape index (κ3) is 3.17. The molecule has 0 heterocycles. The van der Waals surface area contributed by atoms with Crippen LogP contribution in [0.4, 0.5) is 11.4 Å². The number of nitrogens with two attached hydrogens (primary N) is 1. The van der Waals surface area contributed by atoms with Crippen molar-refractivity contribution in [3.8, 4) is 5.75 Å². The second kappa shape index (κ2) is 5.62. The maximum absolute atomic E-state index is 11.2. The first-order valence-corrected chi connectivity index (χ1v) is 4.94. The zero-order valence-electron chi connectivity index (χ0n) is 9.49. The van der Waals surface area contributed by atoms with Crippen LogP contribution in [0.1, 0.15) is 6.92 Å². The highest BCUT2D eigenvalue weighted by Gasteiger charge is 2.12. The molecule has 1 aromatic carbocycles. The van der Waals surface area contributed by atoms with E-state index >= 15 is 0 Å². The number of amidine groups is 1. The molecule has 0 amide bonds. The molecule has 0 bridgehead atoms. The monoisotopic (exact) mass is 253 g/mol. The lowest BCUT2D eigenvalue weighted by Gasteiger charge is -2.02.